The van der Waals surface area contributed by atoms with Crippen LogP contribution in [0.25, 0.3) is 0 Å². The van der Waals surface area contributed by atoms with Crippen molar-refractivity contribution in [2.24, 2.45) is 0 Å². The van der Waals surface area contributed by atoms with Gasteiger partial charge in [0.15, 0.2) is 0 Å². The Morgan fingerprint density at radius 3 is 2.56 bits per heavy atom. The first-order chi connectivity index (χ1) is 12.0. The van der Waals surface area contributed by atoms with Gasteiger partial charge < -0.3 is 20.7 Å². The lowest BCUT2D eigenvalue weighted by Gasteiger charge is -2.15. The number of rotatable bonds is 6. The van der Waals surface area contributed by atoms with Gasteiger partial charge in [-0.1, -0.05) is 25.1 Å². The number of hydrogen-bond donors (Lipinski definition) is 3. The first kappa shape index (κ1) is 18.3. The van der Waals surface area contributed by atoms with Gasteiger partial charge in [-0.15, -0.1) is 0 Å². The maximum absolute atomic E-state index is 12.4. The zero-order chi connectivity index (χ0) is 18.2. The molecular formula is C19H23N3O3. The number of para-hydroxylation sites is 1. The molecule has 0 spiro atoms. The molecule has 2 aromatic carbocycles. The van der Waals surface area contributed by atoms with Crippen molar-refractivity contribution >= 4 is 23.3 Å². The van der Waals surface area contributed by atoms with E-state index >= 15 is 0 Å². The minimum atomic E-state index is -0.433. The predicted molar refractivity (Wildman–Crippen MR) is 99.3 cm³/mol. The molecule has 3 N–H and O–H groups in total. The monoisotopic (exact) mass is 341 g/mol. The van der Waals surface area contributed by atoms with E-state index < -0.39 is 6.03 Å². The van der Waals surface area contributed by atoms with Crippen LogP contribution in [0.1, 0.15) is 30.6 Å². The van der Waals surface area contributed by atoms with Crippen molar-refractivity contribution in [3.63, 3.8) is 0 Å². The van der Waals surface area contributed by atoms with E-state index in [-0.39, 0.29) is 11.9 Å². The molecule has 0 aliphatic rings. The van der Waals surface area contributed by atoms with Gasteiger partial charge in [0.05, 0.1) is 18.4 Å². The van der Waals surface area contributed by atoms with Crippen LogP contribution < -0.4 is 20.7 Å². The Bertz CT molecular complexity index is 746. The Morgan fingerprint density at radius 1 is 1.08 bits per heavy atom. The summed E-state index contributed by atoms with van der Waals surface area (Å²) in [6, 6.07) is 13.6. The molecule has 1 atom stereocenters. The molecule has 0 heterocycles. The molecule has 0 saturated carbocycles. The van der Waals surface area contributed by atoms with E-state index in [1.807, 2.05) is 13.8 Å². The van der Waals surface area contributed by atoms with Crippen LogP contribution in [-0.4, -0.2) is 25.1 Å². The average Bonchev–Trinajstić information content (AvgIpc) is 2.62. The fourth-order valence-corrected chi connectivity index (χ4v) is 2.18. The second kappa shape index (κ2) is 8.73. The number of carbonyl (C=O) groups excluding carboxylic acids is 2. The molecule has 0 aliphatic carbocycles. The van der Waals surface area contributed by atoms with Crippen LogP contribution in [-0.2, 0) is 0 Å². The molecule has 6 heteroatoms. The molecule has 0 radical (unpaired) electrons. The molecule has 0 bridgehead atoms. The molecule has 2 aromatic rings. The first-order valence-electron chi connectivity index (χ1n) is 8.15. The third kappa shape index (κ3) is 5.24. The fourth-order valence-electron chi connectivity index (χ4n) is 2.18. The summed E-state index contributed by atoms with van der Waals surface area (Å²) >= 11 is 0. The summed E-state index contributed by atoms with van der Waals surface area (Å²) in [5.41, 5.74) is 1.46. The molecule has 132 valence electrons. The molecule has 0 aliphatic heterocycles. The highest BCUT2D eigenvalue weighted by molar-refractivity contribution is 6.06. The maximum atomic E-state index is 12.4. The topological polar surface area (TPSA) is 79.5 Å². The Balaban J connectivity index is 2.09. The summed E-state index contributed by atoms with van der Waals surface area (Å²) in [6.45, 7) is 3.93. The number of hydrogen-bond acceptors (Lipinski definition) is 3. The standard InChI is InChI=1S/C19H23N3O3/c1-4-13(2)20-18(23)16-10-5-6-11-17(16)22-19(24)21-14-8-7-9-15(12-14)25-3/h5-13H,4H2,1-3H3,(H,20,23)(H2,21,22,24)/t13-/m0/s1. The molecule has 0 saturated heterocycles. The highest BCUT2D eigenvalue weighted by Crippen LogP contribution is 2.19. The van der Waals surface area contributed by atoms with Crippen LogP contribution in [0.3, 0.4) is 0 Å². The smallest absolute Gasteiger partial charge is 0.323 e. The Labute approximate surface area is 147 Å². The average molecular weight is 341 g/mol. The number of ether oxygens (including phenoxy) is 1. The van der Waals surface area contributed by atoms with Crippen molar-refractivity contribution in [3.8, 4) is 5.75 Å². The second-order valence-corrected chi connectivity index (χ2v) is 5.64. The van der Waals surface area contributed by atoms with Gasteiger partial charge in [0.25, 0.3) is 5.91 Å². The zero-order valence-corrected chi connectivity index (χ0v) is 14.6. The molecule has 0 unspecified atom stereocenters. The summed E-state index contributed by atoms with van der Waals surface area (Å²) in [6.07, 6.45) is 0.831. The number of anilines is 2. The van der Waals surface area contributed by atoms with Gasteiger partial charge in [0, 0.05) is 17.8 Å². The van der Waals surface area contributed by atoms with Crippen LogP contribution in [0.5, 0.6) is 5.75 Å². The van der Waals surface area contributed by atoms with Crippen LogP contribution >= 0.6 is 0 Å². The van der Waals surface area contributed by atoms with Crippen LogP contribution in [0, 0.1) is 0 Å². The number of amides is 3. The normalized spacial score (nSPS) is 11.3. The predicted octanol–water partition coefficient (Wildman–Crippen LogP) is 3.87. The highest BCUT2D eigenvalue weighted by atomic mass is 16.5. The summed E-state index contributed by atoms with van der Waals surface area (Å²) in [4.78, 5) is 24.6. The highest BCUT2D eigenvalue weighted by Gasteiger charge is 2.14. The zero-order valence-electron chi connectivity index (χ0n) is 14.6. The SMILES string of the molecule is CC[C@H](C)NC(=O)c1ccccc1NC(=O)Nc1cccc(OC)c1. The van der Waals surface area contributed by atoms with Crippen LogP contribution in [0.15, 0.2) is 48.5 Å². The number of carbonyl (C=O) groups is 2. The largest absolute Gasteiger partial charge is 0.497 e. The second-order valence-electron chi connectivity index (χ2n) is 5.64. The summed E-state index contributed by atoms with van der Waals surface area (Å²) in [7, 11) is 1.56. The summed E-state index contributed by atoms with van der Waals surface area (Å²) in [5.74, 6) is 0.428. The third-order valence-electron chi connectivity index (χ3n) is 3.74. The van der Waals surface area contributed by atoms with Gasteiger partial charge in [-0.25, -0.2) is 4.79 Å². The lowest BCUT2D eigenvalue weighted by molar-refractivity contribution is 0.0940. The van der Waals surface area contributed by atoms with Gasteiger partial charge >= 0.3 is 6.03 Å². The van der Waals surface area contributed by atoms with Gasteiger partial charge in [0.2, 0.25) is 0 Å². The van der Waals surface area contributed by atoms with Gasteiger partial charge in [0.1, 0.15) is 5.75 Å². The minimum absolute atomic E-state index is 0.0613. The van der Waals surface area contributed by atoms with E-state index in [1.54, 1.807) is 55.6 Å². The van der Waals surface area contributed by atoms with E-state index in [0.29, 0.717) is 22.7 Å². The molecule has 6 nitrogen and oxygen atoms in total. The van der Waals surface area contributed by atoms with Crippen molar-refractivity contribution in [3.05, 3.63) is 54.1 Å². The molecule has 2 rings (SSSR count). The third-order valence-corrected chi connectivity index (χ3v) is 3.74. The summed E-state index contributed by atoms with van der Waals surface area (Å²) in [5, 5.41) is 8.34. The fraction of sp³-hybridized carbons (Fsp3) is 0.263. The first-order valence-corrected chi connectivity index (χ1v) is 8.15. The Kier molecular flexibility index (Phi) is 6.39. The maximum Gasteiger partial charge on any atom is 0.323 e. The van der Waals surface area contributed by atoms with Crippen LogP contribution in [0.4, 0.5) is 16.2 Å². The summed E-state index contributed by atoms with van der Waals surface area (Å²) < 4.78 is 5.13. The lowest BCUT2D eigenvalue weighted by atomic mass is 10.1. The van der Waals surface area contributed by atoms with E-state index in [9.17, 15) is 9.59 Å². The minimum Gasteiger partial charge on any atom is -0.497 e. The molecule has 3 amide bonds. The molecule has 0 aromatic heterocycles. The van der Waals surface area contributed by atoms with Crippen molar-refractivity contribution in [1.29, 1.82) is 0 Å². The molecular weight excluding hydrogens is 318 g/mol. The number of urea groups is 1. The van der Waals surface area contributed by atoms with E-state index in [0.717, 1.165) is 6.42 Å². The van der Waals surface area contributed by atoms with Crippen molar-refractivity contribution in [2.45, 2.75) is 26.3 Å². The number of nitrogens with one attached hydrogen (secondary N) is 3. The molecule has 25 heavy (non-hydrogen) atoms. The van der Waals surface area contributed by atoms with Crippen molar-refractivity contribution < 1.29 is 14.3 Å². The Morgan fingerprint density at radius 2 is 1.84 bits per heavy atom. The lowest BCUT2D eigenvalue weighted by Crippen LogP contribution is -2.33. The van der Waals surface area contributed by atoms with E-state index in [4.69, 9.17) is 4.74 Å². The number of benzene rings is 2. The van der Waals surface area contributed by atoms with Gasteiger partial charge in [-0.2, -0.15) is 0 Å². The van der Waals surface area contributed by atoms with Crippen molar-refractivity contribution in [2.75, 3.05) is 17.7 Å². The van der Waals surface area contributed by atoms with E-state index in [1.165, 1.54) is 0 Å². The molecule has 0 fully saturated rings. The quantitative estimate of drug-likeness (QED) is 0.746. The van der Waals surface area contributed by atoms with E-state index in [2.05, 4.69) is 16.0 Å². The number of methoxy groups -OCH3 is 1. The van der Waals surface area contributed by atoms with Gasteiger partial charge in [-0.3, -0.25) is 4.79 Å². The van der Waals surface area contributed by atoms with Crippen molar-refractivity contribution in [1.82, 2.24) is 5.32 Å². The van der Waals surface area contributed by atoms with Crippen LogP contribution in [0.2, 0.25) is 0 Å². The Hall–Kier alpha value is -3.02. The van der Waals surface area contributed by atoms with Gasteiger partial charge in [-0.05, 0) is 37.6 Å².